The number of amides is 1. The fourth-order valence-corrected chi connectivity index (χ4v) is 4.03. The number of carbonyl (C=O) groups excluding carboxylic acids is 1. The number of fused-ring (bicyclic) bond motifs is 1. The number of benzene rings is 1. The number of nitrogens with zero attached hydrogens (tertiary/aromatic N) is 3. The second-order valence-corrected chi connectivity index (χ2v) is 7.87. The number of non-ortho nitro benzene ring substituents is 1. The maximum absolute atomic E-state index is 13.0. The summed E-state index contributed by atoms with van der Waals surface area (Å²) in [5, 5.41) is 14.2. The summed E-state index contributed by atoms with van der Waals surface area (Å²) in [4.78, 5) is 42.5. The molecule has 3 aromatic rings. The van der Waals surface area contributed by atoms with Crippen molar-refractivity contribution in [1.82, 2.24) is 9.55 Å². The molecule has 1 amide bonds. The maximum Gasteiger partial charge on any atom is 0.271 e. The van der Waals surface area contributed by atoms with Gasteiger partial charge in [-0.05, 0) is 31.4 Å². The zero-order valence-corrected chi connectivity index (χ0v) is 17.3. The summed E-state index contributed by atoms with van der Waals surface area (Å²) >= 11 is 1.50. The van der Waals surface area contributed by atoms with Gasteiger partial charge < -0.3 is 5.32 Å². The normalized spacial score (nSPS) is 11.0. The van der Waals surface area contributed by atoms with Crippen LogP contribution in [0.15, 0.2) is 29.1 Å². The minimum absolute atomic E-state index is 0.108. The van der Waals surface area contributed by atoms with E-state index in [9.17, 15) is 19.7 Å². The number of aryl methyl sites for hydroxylation is 3. The highest BCUT2D eigenvalue weighted by Crippen LogP contribution is 2.23. The average Bonchev–Trinajstić information content (AvgIpc) is 3.10. The number of hydrogen-bond donors (Lipinski definition) is 1. The molecule has 0 unspecified atom stereocenters. The van der Waals surface area contributed by atoms with E-state index in [0.717, 1.165) is 17.7 Å². The third kappa shape index (κ3) is 4.34. The first-order chi connectivity index (χ1) is 13.8. The molecule has 0 fully saturated rings. The summed E-state index contributed by atoms with van der Waals surface area (Å²) in [6, 6.07) is 6.11. The quantitative estimate of drug-likeness (QED) is 0.467. The van der Waals surface area contributed by atoms with Crippen LogP contribution < -0.4 is 10.9 Å². The molecule has 0 aliphatic heterocycles. The van der Waals surface area contributed by atoms with Crippen LogP contribution in [0.2, 0.25) is 0 Å². The van der Waals surface area contributed by atoms with Crippen molar-refractivity contribution in [3.8, 4) is 0 Å². The smallest absolute Gasteiger partial charge is 0.271 e. The molecular formula is C20H22N4O4S. The van der Waals surface area contributed by atoms with Gasteiger partial charge in [-0.3, -0.25) is 24.3 Å². The lowest BCUT2D eigenvalue weighted by Crippen LogP contribution is -2.31. The van der Waals surface area contributed by atoms with E-state index in [1.165, 1.54) is 28.0 Å². The van der Waals surface area contributed by atoms with E-state index in [4.69, 9.17) is 0 Å². The first kappa shape index (κ1) is 20.7. The molecular weight excluding hydrogens is 392 g/mol. The molecule has 2 aromatic heterocycles. The molecule has 9 heteroatoms. The Morgan fingerprint density at radius 1 is 1.31 bits per heavy atom. The van der Waals surface area contributed by atoms with Crippen LogP contribution in [0.5, 0.6) is 0 Å². The Kier molecular flexibility index (Phi) is 6.07. The number of thiophene rings is 1. The number of aromatic nitrogens is 2. The number of hydrogen-bond acceptors (Lipinski definition) is 6. The molecule has 2 heterocycles. The Labute approximate surface area is 171 Å². The van der Waals surface area contributed by atoms with Gasteiger partial charge in [0.25, 0.3) is 11.2 Å². The average molecular weight is 414 g/mol. The van der Waals surface area contributed by atoms with E-state index in [1.54, 1.807) is 13.0 Å². The van der Waals surface area contributed by atoms with Crippen molar-refractivity contribution < 1.29 is 9.72 Å². The highest BCUT2D eigenvalue weighted by Gasteiger charge is 2.17. The molecule has 8 nitrogen and oxygen atoms in total. The number of nitro groups is 1. The van der Waals surface area contributed by atoms with E-state index < -0.39 is 10.8 Å². The van der Waals surface area contributed by atoms with Crippen LogP contribution in [0.4, 0.5) is 11.4 Å². The van der Waals surface area contributed by atoms with Gasteiger partial charge in [0.05, 0.1) is 16.0 Å². The molecule has 0 atom stereocenters. The SMILES string of the molecule is CCCc1nc2sc(CC)cc2c(=O)n1CC(=O)Nc1cc([N+](=O)[O-])ccc1C. The van der Waals surface area contributed by atoms with Gasteiger partial charge in [0, 0.05) is 23.4 Å². The number of nitro benzene ring substituents is 1. The second-order valence-electron chi connectivity index (χ2n) is 6.76. The fourth-order valence-electron chi connectivity index (χ4n) is 3.05. The van der Waals surface area contributed by atoms with Crippen molar-refractivity contribution in [3.63, 3.8) is 0 Å². The summed E-state index contributed by atoms with van der Waals surface area (Å²) in [5.74, 6) is 0.139. The van der Waals surface area contributed by atoms with Crippen LogP contribution in [0.25, 0.3) is 10.2 Å². The van der Waals surface area contributed by atoms with E-state index in [-0.39, 0.29) is 17.8 Å². The molecule has 1 aromatic carbocycles. The molecule has 0 saturated carbocycles. The highest BCUT2D eigenvalue weighted by molar-refractivity contribution is 7.18. The molecule has 0 spiro atoms. The Morgan fingerprint density at radius 3 is 2.72 bits per heavy atom. The summed E-state index contributed by atoms with van der Waals surface area (Å²) in [6.07, 6.45) is 2.18. The second kappa shape index (κ2) is 8.52. The van der Waals surface area contributed by atoms with Crippen molar-refractivity contribution in [2.24, 2.45) is 0 Å². The first-order valence-electron chi connectivity index (χ1n) is 9.41. The lowest BCUT2D eigenvalue weighted by molar-refractivity contribution is -0.384. The lowest BCUT2D eigenvalue weighted by atomic mass is 10.2. The van der Waals surface area contributed by atoms with E-state index in [0.29, 0.717) is 33.7 Å². The lowest BCUT2D eigenvalue weighted by Gasteiger charge is -2.13. The van der Waals surface area contributed by atoms with Crippen LogP contribution in [-0.4, -0.2) is 20.4 Å². The third-order valence-corrected chi connectivity index (χ3v) is 5.78. The fraction of sp³-hybridized carbons (Fsp3) is 0.350. The Hall–Kier alpha value is -3.07. The van der Waals surface area contributed by atoms with E-state index in [1.807, 2.05) is 19.9 Å². The maximum atomic E-state index is 13.0. The molecule has 29 heavy (non-hydrogen) atoms. The molecule has 0 radical (unpaired) electrons. The summed E-state index contributed by atoms with van der Waals surface area (Å²) < 4.78 is 1.40. The van der Waals surface area contributed by atoms with Crippen LogP contribution in [-0.2, 0) is 24.2 Å². The van der Waals surface area contributed by atoms with Crippen molar-refractivity contribution >= 4 is 38.8 Å². The third-order valence-electron chi connectivity index (χ3n) is 4.61. The van der Waals surface area contributed by atoms with Gasteiger partial charge >= 0.3 is 0 Å². The predicted molar refractivity (Wildman–Crippen MR) is 114 cm³/mol. The number of nitrogens with one attached hydrogen (secondary N) is 1. The van der Waals surface area contributed by atoms with Gasteiger partial charge in [0.2, 0.25) is 5.91 Å². The first-order valence-corrected chi connectivity index (χ1v) is 10.2. The zero-order valence-electron chi connectivity index (χ0n) is 16.5. The molecule has 0 bridgehead atoms. The minimum atomic E-state index is -0.515. The number of carbonyl (C=O) groups is 1. The largest absolute Gasteiger partial charge is 0.324 e. The molecule has 152 valence electrons. The Balaban J connectivity index is 1.94. The van der Waals surface area contributed by atoms with Gasteiger partial charge in [-0.25, -0.2) is 4.98 Å². The van der Waals surface area contributed by atoms with Gasteiger partial charge in [0.1, 0.15) is 17.2 Å². The number of anilines is 1. The van der Waals surface area contributed by atoms with Crippen LogP contribution >= 0.6 is 11.3 Å². The van der Waals surface area contributed by atoms with Gasteiger partial charge in [-0.2, -0.15) is 0 Å². The highest BCUT2D eigenvalue weighted by atomic mass is 32.1. The molecule has 0 aliphatic rings. The van der Waals surface area contributed by atoms with Gasteiger partial charge in [0.15, 0.2) is 0 Å². The molecule has 0 aliphatic carbocycles. The van der Waals surface area contributed by atoms with Gasteiger partial charge in [-0.1, -0.05) is 19.9 Å². The van der Waals surface area contributed by atoms with Crippen molar-refractivity contribution in [2.75, 3.05) is 5.32 Å². The van der Waals surface area contributed by atoms with Crippen molar-refractivity contribution in [1.29, 1.82) is 0 Å². The number of rotatable bonds is 7. The summed E-state index contributed by atoms with van der Waals surface area (Å²) in [7, 11) is 0. The topological polar surface area (TPSA) is 107 Å². The standard InChI is InChI=1S/C20H22N4O4S/c1-4-6-17-22-19-15(10-14(5-2)29-19)20(26)23(17)11-18(25)21-16-9-13(24(27)28)8-7-12(16)3/h7-10H,4-6,11H2,1-3H3,(H,21,25). The molecule has 1 N–H and O–H groups in total. The molecule has 0 saturated heterocycles. The predicted octanol–water partition coefficient (Wildman–Crippen LogP) is 3.83. The Bertz CT molecular complexity index is 1150. The van der Waals surface area contributed by atoms with E-state index >= 15 is 0 Å². The summed E-state index contributed by atoms with van der Waals surface area (Å²) in [5.41, 5.74) is 0.708. The minimum Gasteiger partial charge on any atom is -0.324 e. The monoisotopic (exact) mass is 414 g/mol. The van der Waals surface area contributed by atoms with Crippen molar-refractivity contribution in [3.05, 3.63) is 61.0 Å². The van der Waals surface area contributed by atoms with Crippen molar-refractivity contribution in [2.45, 2.75) is 46.6 Å². The van der Waals surface area contributed by atoms with Crippen LogP contribution in [0, 0.1) is 17.0 Å². The zero-order chi connectivity index (χ0) is 21.1. The van der Waals surface area contributed by atoms with Crippen LogP contribution in [0.3, 0.4) is 0 Å². The Morgan fingerprint density at radius 2 is 2.07 bits per heavy atom. The van der Waals surface area contributed by atoms with Gasteiger partial charge in [-0.15, -0.1) is 11.3 Å². The molecule has 3 rings (SSSR count). The summed E-state index contributed by atoms with van der Waals surface area (Å²) in [6.45, 7) is 5.56. The van der Waals surface area contributed by atoms with Crippen LogP contribution in [0.1, 0.15) is 36.5 Å². The van der Waals surface area contributed by atoms with E-state index in [2.05, 4.69) is 10.3 Å².